The van der Waals surface area contributed by atoms with Gasteiger partial charge in [0.2, 0.25) is 0 Å². The zero-order chi connectivity index (χ0) is 41.6. The van der Waals surface area contributed by atoms with Gasteiger partial charge in [0.1, 0.15) is 6.61 Å². The topological polar surface area (TPSA) is 144 Å². The summed E-state index contributed by atoms with van der Waals surface area (Å²) in [6.45, 7) is 6.47. The van der Waals surface area contributed by atoms with Gasteiger partial charge in [0.15, 0.2) is 6.10 Å². The number of fused-ring (bicyclic) bond motifs is 1. The van der Waals surface area contributed by atoms with Gasteiger partial charge in [0.25, 0.3) is 5.91 Å². The summed E-state index contributed by atoms with van der Waals surface area (Å²) < 4.78 is 52.9. The van der Waals surface area contributed by atoms with Gasteiger partial charge in [-0.05, 0) is 81.6 Å². The van der Waals surface area contributed by atoms with Crippen molar-refractivity contribution in [3.63, 3.8) is 0 Å². The van der Waals surface area contributed by atoms with Crippen molar-refractivity contribution in [2.75, 3.05) is 110 Å². The Hall–Kier alpha value is -4.32. The van der Waals surface area contributed by atoms with Crippen LogP contribution in [0.1, 0.15) is 36.0 Å². The molecule has 4 aliphatic heterocycles. The average Bonchev–Trinajstić information content (AvgIpc) is 3.54. The molecule has 2 atom stereocenters. The summed E-state index contributed by atoms with van der Waals surface area (Å²) in [6.07, 6.45) is -4.71. The van der Waals surface area contributed by atoms with Gasteiger partial charge in [-0.2, -0.15) is 13.2 Å². The third-order valence-electron chi connectivity index (χ3n) is 11.5. The van der Waals surface area contributed by atoms with Crippen LogP contribution >= 0.6 is 11.6 Å². The van der Waals surface area contributed by atoms with Crippen LogP contribution in [-0.4, -0.2) is 165 Å². The molecule has 4 amide bonds. The molecule has 0 bridgehead atoms. The number of urea groups is 1. The smallest absolute Gasteiger partial charge is 0.418 e. The number of para-hydroxylation sites is 1. The molecule has 3 fully saturated rings. The van der Waals surface area contributed by atoms with Crippen molar-refractivity contribution in [3.05, 3.63) is 58.1 Å². The van der Waals surface area contributed by atoms with E-state index in [0.29, 0.717) is 71.1 Å². The van der Waals surface area contributed by atoms with Crippen molar-refractivity contribution in [2.24, 2.45) is 5.92 Å². The molecule has 3 saturated heterocycles. The number of likely N-dealkylation sites (N-methyl/N-ethyl adjacent to an activating group) is 1. The second-order valence-electron chi connectivity index (χ2n) is 15.9. The van der Waals surface area contributed by atoms with E-state index in [1.807, 2.05) is 43.3 Å². The third kappa shape index (κ3) is 11.2. The predicted octanol–water partition coefficient (Wildman–Crippen LogP) is 4.11. The minimum absolute atomic E-state index is 0.0514. The highest BCUT2D eigenvalue weighted by Crippen LogP contribution is 2.38. The SMILES string of the molecule is CN(C)CCOC(=O)CN1CCC(CN2CCN(C(=O)[C@@H](Cc3cc(Cl)c(N)c(C(F)(F)F)c3)OC(=O)N3CCC(N4CCc5ccccc5NC4=O)CC3)CC2)C1. The minimum atomic E-state index is -4.79. The standard InChI is InChI=1S/C40H54ClF3N8O6/c1-47(2)19-20-57-35(53)26-49-11-7-27(25-49)24-48-15-17-50(18-16-48)37(54)34(23-28-21-31(40(42,43)44)36(45)32(41)22-28)58-39(56)51-12-9-30(10-13-51)52-14-8-29-5-3-4-6-33(29)46-38(52)55/h3-6,21-22,27,30,34H,7-20,23-26,45H2,1-2H3,(H,46,55)/t27?,34-/m1/s1. The maximum Gasteiger partial charge on any atom is 0.418 e. The molecular weight excluding hydrogens is 781 g/mol. The molecule has 0 radical (unpaired) electrons. The van der Waals surface area contributed by atoms with E-state index in [-0.39, 0.29) is 54.7 Å². The summed E-state index contributed by atoms with van der Waals surface area (Å²) in [5, 5.41) is 2.67. The number of likely N-dealkylation sites (tertiary alicyclic amines) is 2. The Labute approximate surface area is 342 Å². The first-order valence-electron chi connectivity index (χ1n) is 19.9. The van der Waals surface area contributed by atoms with Crippen LogP contribution in [0.4, 0.5) is 34.1 Å². The number of nitrogens with one attached hydrogen (secondary N) is 1. The first-order chi connectivity index (χ1) is 27.6. The van der Waals surface area contributed by atoms with Crippen LogP contribution in [0.3, 0.4) is 0 Å². The molecule has 4 heterocycles. The van der Waals surface area contributed by atoms with Gasteiger partial charge in [-0.1, -0.05) is 29.8 Å². The lowest BCUT2D eigenvalue weighted by Crippen LogP contribution is -2.54. The van der Waals surface area contributed by atoms with Crippen molar-refractivity contribution < 1.29 is 41.8 Å². The maximum absolute atomic E-state index is 14.1. The van der Waals surface area contributed by atoms with Crippen LogP contribution in [0.2, 0.25) is 5.02 Å². The molecule has 318 valence electrons. The number of hydrogen-bond donors (Lipinski definition) is 2. The number of halogens is 4. The first-order valence-corrected chi connectivity index (χ1v) is 20.3. The predicted molar refractivity (Wildman–Crippen MR) is 212 cm³/mol. The highest BCUT2D eigenvalue weighted by Gasteiger charge is 2.38. The van der Waals surface area contributed by atoms with E-state index < -0.39 is 35.5 Å². The van der Waals surface area contributed by atoms with E-state index in [0.717, 1.165) is 43.4 Å². The van der Waals surface area contributed by atoms with Crippen molar-refractivity contribution in [1.82, 2.24) is 29.4 Å². The Balaban J connectivity index is 1.05. The molecule has 2 aromatic rings. The van der Waals surface area contributed by atoms with E-state index in [1.54, 1.807) is 9.80 Å². The lowest BCUT2D eigenvalue weighted by Gasteiger charge is -2.39. The number of amides is 4. The van der Waals surface area contributed by atoms with Gasteiger partial charge in [0.05, 0.1) is 22.8 Å². The third-order valence-corrected chi connectivity index (χ3v) is 11.8. The lowest BCUT2D eigenvalue weighted by molar-refractivity contribution is -0.145. The van der Waals surface area contributed by atoms with E-state index in [9.17, 15) is 32.3 Å². The molecule has 0 aromatic heterocycles. The summed E-state index contributed by atoms with van der Waals surface area (Å²) in [6, 6.07) is 9.45. The van der Waals surface area contributed by atoms with Crippen molar-refractivity contribution >= 4 is 47.0 Å². The van der Waals surface area contributed by atoms with E-state index in [4.69, 9.17) is 26.8 Å². The minimum Gasteiger partial charge on any atom is -0.463 e. The first kappa shape index (κ1) is 43.3. The van der Waals surface area contributed by atoms with Crippen LogP contribution < -0.4 is 11.1 Å². The van der Waals surface area contributed by atoms with E-state index >= 15 is 0 Å². The number of piperidine rings is 1. The molecule has 0 aliphatic carbocycles. The Bertz CT molecular complexity index is 1790. The molecular formula is C40H54ClF3N8O6. The Morgan fingerprint density at radius 1 is 0.966 bits per heavy atom. The van der Waals surface area contributed by atoms with E-state index in [1.165, 1.54) is 11.0 Å². The number of alkyl halides is 3. The monoisotopic (exact) mass is 834 g/mol. The van der Waals surface area contributed by atoms with Crippen LogP contribution in [0, 0.1) is 5.92 Å². The Kier molecular flexibility index (Phi) is 14.3. The number of hydrogen-bond acceptors (Lipinski definition) is 10. The van der Waals surface area contributed by atoms with Crippen LogP contribution in [0.5, 0.6) is 0 Å². The maximum atomic E-state index is 14.1. The molecule has 1 unspecified atom stereocenters. The van der Waals surface area contributed by atoms with Crippen molar-refractivity contribution in [1.29, 1.82) is 0 Å². The molecule has 0 saturated carbocycles. The number of rotatable bonds is 12. The summed E-state index contributed by atoms with van der Waals surface area (Å²) in [5.74, 6) is -0.401. The quantitative estimate of drug-likeness (QED) is 0.237. The van der Waals surface area contributed by atoms with Gasteiger partial charge in [0, 0.05) is 83.6 Å². The molecule has 2 aromatic carbocycles. The molecule has 0 spiro atoms. The fourth-order valence-corrected chi connectivity index (χ4v) is 8.45. The molecule has 14 nitrogen and oxygen atoms in total. The zero-order valence-electron chi connectivity index (χ0n) is 33.1. The normalized spacial score (nSPS) is 20.4. The molecule has 18 heteroatoms. The number of carbonyl (C=O) groups excluding carboxylic acids is 4. The fourth-order valence-electron chi connectivity index (χ4n) is 8.21. The van der Waals surface area contributed by atoms with Crippen LogP contribution in [0.25, 0.3) is 0 Å². The number of anilines is 2. The number of piperazine rings is 1. The number of nitrogens with two attached hydrogens (primary N) is 1. The average molecular weight is 835 g/mol. The number of nitrogens with zero attached hydrogens (tertiary/aromatic N) is 6. The fraction of sp³-hybridized carbons (Fsp3) is 0.600. The zero-order valence-corrected chi connectivity index (χ0v) is 33.9. The molecule has 6 rings (SSSR count). The highest BCUT2D eigenvalue weighted by atomic mass is 35.5. The molecule has 4 aliphatic rings. The van der Waals surface area contributed by atoms with Gasteiger partial charge in [-0.15, -0.1) is 0 Å². The molecule has 58 heavy (non-hydrogen) atoms. The van der Waals surface area contributed by atoms with Crippen molar-refractivity contribution in [2.45, 2.75) is 50.4 Å². The van der Waals surface area contributed by atoms with Crippen LogP contribution in [0.15, 0.2) is 36.4 Å². The lowest BCUT2D eigenvalue weighted by atomic mass is 10.0. The summed E-state index contributed by atoms with van der Waals surface area (Å²) in [5.41, 5.74) is 5.81. The van der Waals surface area contributed by atoms with Crippen LogP contribution in [-0.2, 0) is 38.1 Å². The number of ether oxygens (including phenoxy) is 2. The summed E-state index contributed by atoms with van der Waals surface area (Å²) in [4.78, 5) is 64.4. The van der Waals surface area contributed by atoms with Gasteiger partial charge >= 0.3 is 24.3 Å². The van der Waals surface area contributed by atoms with Gasteiger partial charge < -0.3 is 40.1 Å². The molecule has 3 N–H and O–H groups in total. The number of esters is 1. The van der Waals surface area contributed by atoms with Gasteiger partial charge in [-0.25, -0.2) is 9.59 Å². The summed E-state index contributed by atoms with van der Waals surface area (Å²) >= 11 is 6.14. The largest absolute Gasteiger partial charge is 0.463 e. The summed E-state index contributed by atoms with van der Waals surface area (Å²) in [7, 11) is 3.84. The highest BCUT2D eigenvalue weighted by molar-refractivity contribution is 6.33. The second kappa shape index (κ2) is 19.2. The van der Waals surface area contributed by atoms with E-state index in [2.05, 4.69) is 15.1 Å². The Morgan fingerprint density at radius 2 is 1.69 bits per heavy atom. The Morgan fingerprint density at radius 3 is 2.40 bits per heavy atom. The number of benzene rings is 2. The number of carbonyl (C=O) groups is 4. The van der Waals surface area contributed by atoms with Crippen molar-refractivity contribution in [3.8, 4) is 0 Å². The second-order valence-corrected chi connectivity index (χ2v) is 16.3. The number of nitrogen functional groups attached to an aromatic ring is 1. The van der Waals surface area contributed by atoms with Gasteiger partial charge in [-0.3, -0.25) is 19.4 Å².